The van der Waals surface area contributed by atoms with Gasteiger partial charge in [0.25, 0.3) is 0 Å². The molecule has 0 aromatic carbocycles. The van der Waals surface area contributed by atoms with Gasteiger partial charge in [-0.25, -0.2) is 9.78 Å². The number of carboxylic acids is 1. The molecule has 5 heteroatoms. The van der Waals surface area contributed by atoms with Crippen LogP contribution in [0.15, 0.2) is 30.7 Å². The summed E-state index contributed by atoms with van der Waals surface area (Å²) < 4.78 is 1.59. The lowest BCUT2D eigenvalue weighted by atomic mass is 10.2. The topological polar surface area (TPSA) is 68.0 Å². The van der Waals surface area contributed by atoms with Crippen LogP contribution in [0.5, 0.6) is 0 Å². The maximum absolute atomic E-state index is 10.9. The van der Waals surface area contributed by atoms with Crippen LogP contribution in [0.4, 0.5) is 0 Å². The summed E-state index contributed by atoms with van der Waals surface area (Å²) in [5, 5.41) is 8.90. The molecule has 2 rings (SSSR count). The van der Waals surface area contributed by atoms with E-state index in [0.717, 1.165) is 11.3 Å². The highest BCUT2D eigenvalue weighted by molar-refractivity contribution is 5.83. The molecule has 5 nitrogen and oxygen atoms in total. The summed E-state index contributed by atoms with van der Waals surface area (Å²) in [7, 11) is 0. The van der Waals surface area contributed by atoms with Crippen molar-refractivity contribution in [1.82, 2.24) is 14.5 Å². The third-order valence-electron chi connectivity index (χ3n) is 2.36. The lowest BCUT2D eigenvalue weighted by molar-refractivity contribution is 0.0679. The lowest BCUT2D eigenvalue weighted by Gasteiger charge is -2.07. The summed E-state index contributed by atoms with van der Waals surface area (Å²) in [5.41, 5.74) is 1.88. The molecule has 2 aromatic heterocycles. The zero-order valence-electron chi connectivity index (χ0n) is 8.79. The van der Waals surface area contributed by atoms with Gasteiger partial charge in [-0.05, 0) is 18.6 Å². The predicted octanol–water partition coefficient (Wildman–Crippen LogP) is 1.33. The Morgan fingerprint density at radius 2 is 2.25 bits per heavy atom. The van der Waals surface area contributed by atoms with E-state index < -0.39 is 5.97 Å². The first-order chi connectivity index (χ1) is 7.68. The zero-order chi connectivity index (χ0) is 11.5. The minimum atomic E-state index is -1.02. The van der Waals surface area contributed by atoms with Crippen molar-refractivity contribution in [2.45, 2.75) is 13.5 Å². The number of aromatic carboxylic acids is 1. The second kappa shape index (κ2) is 4.14. The predicted molar refractivity (Wildman–Crippen MR) is 57.3 cm³/mol. The van der Waals surface area contributed by atoms with Crippen LogP contribution in [0, 0.1) is 6.92 Å². The van der Waals surface area contributed by atoms with Gasteiger partial charge in [-0.1, -0.05) is 6.07 Å². The Morgan fingerprint density at radius 3 is 2.94 bits per heavy atom. The third-order valence-corrected chi connectivity index (χ3v) is 2.36. The Kier molecular flexibility index (Phi) is 2.68. The number of hydrogen-bond acceptors (Lipinski definition) is 3. The average Bonchev–Trinajstić information content (AvgIpc) is 2.69. The van der Waals surface area contributed by atoms with Gasteiger partial charge < -0.3 is 9.67 Å². The highest BCUT2D eigenvalue weighted by atomic mass is 16.4. The fourth-order valence-electron chi connectivity index (χ4n) is 1.50. The van der Waals surface area contributed by atoms with E-state index in [2.05, 4.69) is 9.97 Å². The van der Waals surface area contributed by atoms with Crippen LogP contribution < -0.4 is 0 Å². The van der Waals surface area contributed by atoms with Crippen molar-refractivity contribution in [1.29, 1.82) is 0 Å². The second-order valence-electron chi connectivity index (χ2n) is 3.43. The molecule has 0 aliphatic carbocycles. The zero-order valence-corrected chi connectivity index (χ0v) is 8.79. The van der Waals surface area contributed by atoms with Gasteiger partial charge in [0, 0.05) is 24.3 Å². The number of aryl methyl sites for hydroxylation is 1. The van der Waals surface area contributed by atoms with Gasteiger partial charge in [0.2, 0.25) is 5.82 Å². The summed E-state index contributed by atoms with van der Waals surface area (Å²) >= 11 is 0. The van der Waals surface area contributed by atoms with E-state index in [1.54, 1.807) is 17.0 Å². The third kappa shape index (κ3) is 1.93. The number of hydrogen-bond donors (Lipinski definition) is 1. The molecular formula is C11H11N3O2. The molecule has 1 N–H and O–H groups in total. The first kappa shape index (κ1) is 10.4. The number of aromatic nitrogens is 3. The molecule has 16 heavy (non-hydrogen) atoms. The van der Waals surface area contributed by atoms with Crippen molar-refractivity contribution in [2.24, 2.45) is 0 Å². The van der Waals surface area contributed by atoms with Gasteiger partial charge in [0.1, 0.15) is 0 Å². The molecule has 2 aromatic rings. The largest absolute Gasteiger partial charge is 0.475 e. The number of pyridine rings is 1. The van der Waals surface area contributed by atoms with Crippen LogP contribution in [0.1, 0.15) is 21.9 Å². The Bertz CT molecular complexity index is 519. The Balaban J connectivity index is 2.31. The number of rotatable bonds is 3. The van der Waals surface area contributed by atoms with E-state index in [4.69, 9.17) is 5.11 Å². The van der Waals surface area contributed by atoms with Crippen molar-refractivity contribution in [3.8, 4) is 0 Å². The van der Waals surface area contributed by atoms with E-state index in [0.29, 0.717) is 6.54 Å². The van der Waals surface area contributed by atoms with Crippen LogP contribution >= 0.6 is 0 Å². The van der Waals surface area contributed by atoms with E-state index >= 15 is 0 Å². The van der Waals surface area contributed by atoms with Crippen molar-refractivity contribution >= 4 is 5.97 Å². The molecule has 0 atom stereocenters. The monoisotopic (exact) mass is 217 g/mol. The minimum absolute atomic E-state index is 0.0447. The van der Waals surface area contributed by atoms with Crippen molar-refractivity contribution in [3.05, 3.63) is 47.8 Å². The van der Waals surface area contributed by atoms with Crippen molar-refractivity contribution in [2.75, 3.05) is 0 Å². The molecule has 0 saturated heterocycles. The normalized spacial score (nSPS) is 10.3. The van der Waals surface area contributed by atoms with Crippen molar-refractivity contribution < 1.29 is 9.90 Å². The minimum Gasteiger partial charge on any atom is -0.475 e. The molecule has 2 heterocycles. The molecule has 0 aliphatic heterocycles. The lowest BCUT2D eigenvalue weighted by Crippen LogP contribution is -2.10. The van der Waals surface area contributed by atoms with Crippen LogP contribution in [0.25, 0.3) is 0 Å². The molecule has 0 fully saturated rings. The molecule has 0 radical (unpaired) electrons. The van der Waals surface area contributed by atoms with E-state index in [9.17, 15) is 4.79 Å². The van der Waals surface area contributed by atoms with Crippen LogP contribution in [0.2, 0.25) is 0 Å². The standard InChI is InChI=1S/C11H11N3O2/c1-8-9(3-2-4-12-8)7-14-6-5-13-10(14)11(15)16/h2-6H,7H2,1H3,(H,15,16). The molecular weight excluding hydrogens is 206 g/mol. The summed E-state index contributed by atoms with van der Waals surface area (Å²) in [6.07, 6.45) is 4.84. The van der Waals surface area contributed by atoms with E-state index in [1.165, 1.54) is 6.20 Å². The Hall–Kier alpha value is -2.17. The highest BCUT2D eigenvalue weighted by Gasteiger charge is 2.11. The maximum Gasteiger partial charge on any atom is 0.372 e. The summed E-state index contributed by atoms with van der Waals surface area (Å²) in [5.74, 6) is -0.977. The molecule has 82 valence electrons. The van der Waals surface area contributed by atoms with Crippen molar-refractivity contribution in [3.63, 3.8) is 0 Å². The van der Waals surface area contributed by atoms with Crippen LogP contribution in [-0.4, -0.2) is 25.6 Å². The van der Waals surface area contributed by atoms with E-state index in [-0.39, 0.29) is 5.82 Å². The molecule has 0 unspecified atom stereocenters. The average molecular weight is 217 g/mol. The Morgan fingerprint density at radius 1 is 1.44 bits per heavy atom. The van der Waals surface area contributed by atoms with Gasteiger partial charge in [-0.2, -0.15) is 0 Å². The fraction of sp³-hybridized carbons (Fsp3) is 0.182. The summed E-state index contributed by atoms with van der Waals surface area (Å²) in [6.45, 7) is 2.37. The molecule has 0 spiro atoms. The first-order valence-electron chi connectivity index (χ1n) is 4.83. The molecule has 0 saturated carbocycles. The molecule has 0 amide bonds. The Labute approximate surface area is 92.4 Å². The smallest absolute Gasteiger partial charge is 0.372 e. The SMILES string of the molecule is Cc1ncccc1Cn1ccnc1C(=O)O. The van der Waals surface area contributed by atoms with Crippen LogP contribution in [-0.2, 0) is 6.54 Å². The number of nitrogens with zero attached hydrogens (tertiary/aromatic N) is 3. The highest BCUT2D eigenvalue weighted by Crippen LogP contribution is 2.08. The maximum atomic E-state index is 10.9. The quantitative estimate of drug-likeness (QED) is 0.842. The van der Waals surface area contributed by atoms with Gasteiger partial charge in [0.05, 0.1) is 6.54 Å². The molecule has 0 bridgehead atoms. The van der Waals surface area contributed by atoms with Crippen LogP contribution in [0.3, 0.4) is 0 Å². The number of carboxylic acid groups (broad SMARTS) is 1. The second-order valence-corrected chi connectivity index (χ2v) is 3.43. The van der Waals surface area contributed by atoms with Gasteiger partial charge >= 0.3 is 5.97 Å². The first-order valence-corrected chi connectivity index (χ1v) is 4.83. The summed E-state index contributed by atoms with van der Waals surface area (Å²) in [6, 6.07) is 3.76. The number of imidazole rings is 1. The summed E-state index contributed by atoms with van der Waals surface area (Å²) in [4.78, 5) is 18.8. The number of carbonyl (C=O) groups is 1. The van der Waals surface area contributed by atoms with Gasteiger partial charge in [-0.3, -0.25) is 4.98 Å². The van der Waals surface area contributed by atoms with Gasteiger partial charge in [0.15, 0.2) is 0 Å². The van der Waals surface area contributed by atoms with E-state index in [1.807, 2.05) is 19.1 Å². The molecule has 0 aliphatic rings. The fourth-order valence-corrected chi connectivity index (χ4v) is 1.50. The van der Waals surface area contributed by atoms with Gasteiger partial charge in [-0.15, -0.1) is 0 Å².